The van der Waals surface area contributed by atoms with Gasteiger partial charge in [-0.15, -0.1) is 0 Å². The number of aliphatic hydroxyl groups is 1. The van der Waals surface area contributed by atoms with E-state index in [4.69, 9.17) is 5.11 Å². The zero-order valence-corrected chi connectivity index (χ0v) is 8.95. The quantitative estimate of drug-likeness (QED) is 0.459. The van der Waals surface area contributed by atoms with Crippen LogP contribution >= 0.6 is 0 Å². The predicted octanol–water partition coefficient (Wildman–Crippen LogP) is -1.13. The maximum absolute atomic E-state index is 11.7. The molecule has 1 amide bonds. The van der Waals surface area contributed by atoms with Crippen LogP contribution in [-0.2, 0) is 14.4 Å². The summed E-state index contributed by atoms with van der Waals surface area (Å²) in [6.07, 6.45) is -0.850. The normalized spacial score (nSPS) is 39.3. The molecule has 2 aliphatic rings. The van der Waals surface area contributed by atoms with E-state index in [0.29, 0.717) is 0 Å². The van der Waals surface area contributed by atoms with Gasteiger partial charge in [-0.1, -0.05) is 6.92 Å². The number of carbonyl (C=O) groups excluding carboxylic acids is 2. The van der Waals surface area contributed by atoms with Gasteiger partial charge in [0.2, 0.25) is 5.91 Å². The van der Waals surface area contributed by atoms with Crippen LogP contribution in [0, 0.1) is 11.8 Å². The van der Waals surface area contributed by atoms with Crippen LogP contribution < -0.4 is 0 Å². The number of aliphatic hydroxyl groups excluding tert-OH is 1. The van der Waals surface area contributed by atoms with E-state index in [1.54, 1.807) is 6.92 Å². The first-order valence-electron chi connectivity index (χ1n) is 5.14. The molecule has 0 aliphatic carbocycles. The Kier molecular flexibility index (Phi) is 2.27. The van der Waals surface area contributed by atoms with Crippen LogP contribution in [0.1, 0.15) is 13.8 Å². The maximum atomic E-state index is 11.7. The Balaban J connectivity index is 2.32. The van der Waals surface area contributed by atoms with Crippen molar-refractivity contribution in [1.82, 2.24) is 4.90 Å². The highest BCUT2D eigenvalue weighted by Gasteiger charge is 2.64. The van der Waals surface area contributed by atoms with Crippen molar-refractivity contribution in [1.29, 1.82) is 0 Å². The number of nitrogens with zero attached hydrogens (tertiary/aromatic N) is 1. The third-order valence-corrected chi connectivity index (χ3v) is 3.49. The molecule has 0 aromatic rings. The third kappa shape index (κ3) is 1.13. The van der Waals surface area contributed by atoms with Gasteiger partial charge in [0, 0.05) is 5.92 Å². The smallest absolute Gasteiger partial charge is 0.334 e. The molecule has 6 nitrogen and oxygen atoms in total. The lowest BCUT2D eigenvalue weighted by molar-refractivity contribution is -0.171. The van der Waals surface area contributed by atoms with Gasteiger partial charge in [0.25, 0.3) is 0 Å². The van der Waals surface area contributed by atoms with Crippen LogP contribution in [0.3, 0.4) is 0 Å². The van der Waals surface area contributed by atoms with Crippen molar-refractivity contribution in [3.05, 3.63) is 0 Å². The number of carboxylic acids is 1. The number of rotatable bonds is 2. The number of amides is 1. The Labute approximate surface area is 91.8 Å². The topological polar surface area (TPSA) is 94.9 Å². The highest BCUT2D eigenvalue weighted by molar-refractivity contribution is 6.11. The molecule has 0 bridgehead atoms. The highest BCUT2D eigenvalue weighted by atomic mass is 16.4. The van der Waals surface area contributed by atoms with Crippen molar-refractivity contribution in [2.45, 2.75) is 32.0 Å². The number of hydrogen-bond donors (Lipinski definition) is 2. The summed E-state index contributed by atoms with van der Waals surface area (Å²) in [6.45, 7) is 3.08. The number of carboxylic acid groups (broad SMARTS) is 1. The molecular formula is C10H13NO5. The fourth-order valence-electron chi connectivity index (χ4n) is 2.69. The standard InChI is InChI=1S/C10H13NO5/c1-3-6-5(4(2)12)9(14)11(6)7(8(3)13)10(15)16/h3-7,12H,1-2H3,(H,15,16)/t3-,4?,5-,6-,7?/m1/s1. The maximum Gasteiger partial charge on any atom is 0.334 e. The van der Waals surface area contributed by atoms with Crippen LogP contribution in [0.25, 0.3) is 0 Å². The molecule has 2 unspecified atom stereocenters. The lowest BCUT2D eigenvalue weighted by Gasteiger charge is -2.46. The molecule has 5 atom stereocenters. The number of carbonyl (C=O) groups is 3. The average Bonchev–Trinajstić information content (AvgIpc) is 2.38. The predicted molar refractivity (Wildman–Crippen MR) is 51.4 cm³/mol. The summed E-state index contributed by atoms with van der Waals surface area (Å²) >= 11 is 0. The molecule has 2 heterocycles. The summed E-state index contributed by atoms with van der Waals surface area (Å²) in [5.41, 5.74) is 0. The van der Waals surface area contributed by atoms with Gasteiger partial charge in [0.05, 0.1) is 18.1 Å². The van der Waals surface area contributed by atoms with Crippen LogP contribution in [0.15, 0.2) is 0 Å². The Morgan fingerprint density at radius 1 is 1.44 bits per heavy atom. The fourth-order valence-corrected chi connectivity index (χ4v) is 2.69. The number of Topliss-reactive ketones (excluding diaryl/α,β-unsaturated/α-hetero) is 1. The Morgan fingerprint density at radius 2 is 2.00 bits per heavy atom. The Bertz CT molecular complexity index is 377. The zero-order chi connectivity index (χ0) is 12.2. The van der Waals surface area contributed by atoms with Crippen molar-refractivity contribution in [3.63, 3.8) is 0 Å². The van der Waals surface area contributed by atoms with Crippen LogP contribution in [0.2, 0.25) is 0 Å². The molecule has 2 fully saturated rings. The molecule has 2 aliphatic heterocycles. The average molecular weight is 227 g/mol. The highest BCUT2D eigenvalue weighted by Crippen LogP contribution is 2.42. The number of fused-ring (bicyclic) bond motifs is 1. The largest absolute Gasteiger partial charge is 0.479 e. The van der Waals surface area contributed by atoms with Gasteiger partial charge in [0.1, 0.15) is 0 Å². The number of aliphatic carboxylic acids is 1. The van der Waals surface area contributed by atoms with E-state index in [1.165, 1.54) is 6.92 Å². The minimum atomic E-state index is -1.36. The van der Waals surface area contributed by atoms with Crippen LogP contribution in [0.5, 0.6) is 0 Å². The van der Waals surface area contributed by atoms with E-state index in [0.717, 1.165) is 4.90 Å². The van der Waals surface area contributed by atoms with Gasteiger partial charge < -0.3 is 15.1 Å². The third-order valence-electron chi connectivity index (χ3n) is 3.49. The van der Waals surface area contributed by atoms with E-state index < -0.39 is 47.7 Å². The number of hydrogen-bond acceptors (Lipinski definition) is 4. The van der Waals surface area contributed by atoms with Crippen LogP contribution in [0.4, 0.5) is 0 Å². The molecule has 16 heavy (non-hydrogen) atoms. The van der Waals surface area contributed by atoms with Crippen LogP contribution in [-0.4, -0.2) is 51.0 Å². The minimum Gasteiger partial charge on any atom is -0.479 e. The summed E-state index contributed by atoms with van der Waals surface area (Å²) in [5.74, 6) is -3.34. The van der Waals surface area contributed by atoms with Gasteiger partial charge in [0.15, 0.2) is 11.8 Å². The summed E-state index contributed by atoms with van der Waals surface area (Å²) < 4.78 is 0. The van der Waals surface area contributed by atoms with Crippen molar-refractivity contribution >= 4 is 17.7 Å². The Hall–Kier alpha value is -1.43. The first kappa shape index (κ1) is 11.1. The molecule has 2 saturated heterocycles. The second kappa shape index (κ2) is 3.28. The summed E-state index contributed by atoms with van der Waals surface area (Å²) in [6, 6.07) is -1.82. The monoisotopic (exact) mass is 227 g/mol. The summed E-state index contributed by atoms with van der Waals surface area (Å²) in [5, 5.41) is 18.3. The SMILES string of the molecule is CC(O)[C@H]1C(=O)N2C(C(=O)O)C(=O)[C@H](C)[C@H]12. The molecule has 0 aromatic carbocycles. The van der Waals surface area contributed by atoms with Gasteiger partial charge in [-0.2, -0.15) is 0 Å². The minimum absolute atomic E-state index is 0.440. The van der Waals surface area contributed by atoms with Crippen molar-refractivity contribution < 1.29 is 24.6 Å². The van der Waals surface area contributed by atoms with E-state index in [-0.39, 0.29) is 0 Å². The molecule has 0 radical (unpaired) electrons. The summed E-state index contributed by atoms with van der Waals surface area (Å²) in [4.78, 5) is 35.3. The molecule has 2 N–H and O–H groups in total. The first-order valence-corrected chi connectivity index (χ1v) is 5.14. The molecule has 2 rings (SSSR count). The van der Waals surface area contributed by atoms with Gasteiger partial charge in [-0.25, -0.2) is 4.79 Å². The zero-order valence-electron chi connectivity index (χ0n) is 8.95. The van der Waals surface area contributed by atoms with Crippen molar-refractivity contribution in [2.75, 3.05) is 0 Å². The van der Waals surface area contributed by atoms with Crippen molar-refractivity contribution in [2.24, 2.45) is 11.8 Å². The number of ketones is 1. The lowest BCUT2D eigenvalue weighted by atomic mass is 9.79. The molecule has 88 valence electrons. The van der Waals surface area contributed by atoms with Gasteiger partial charge in [-0.3, -0.25) is 9.59 Å². The first-order chi connectivity index (χ1) is 7.37. The number of β-lactam (4-membered cyclic amide) rings is 1. The molecule has 0 aromatic heterocycles. The lowest BCUT2D eigenvalue weighted by Crippen LogP contribution is -2.65. The summed E-state index contributed by atoms with van der Waals surface area (Å²) in [7, 11) is 0. The molecule has 6 heteroatoms. The van der Waals surface area contributed by atoms with Crippen molar-refractivity contribution in [3.8, 4) is 0 Å². The second-order valence-corrected chi connectivity index (χ2v) is 4.43. The fraction of sp³-hybridized carbons (Fsp3) is 0.700. The second-order valence-electron chi connectivity index (χ2n) is 4.43. The molecule has 0 spiro atoms. The Morgan fingerprint density at radius 3 is 2.44 bits per heavy atom. The van der Waals surface area contributed by atoms with E-state index in [2.05, 4.69) is 0 Å². The molecule has 0 saturated carbocycles. The van der Waals surface area contributed by atoms with Gasteiger partial charge >= 0.3 is 5.97 Å². The van der Waals surface area contributed by atoms with E-state index >= 15 is 0 Å². The van der Waals surface area contributed by atoms with E-state index in [9.17, 15) is 19.5 Å². The molecular weight excluding hydrogens is 214 g/mol. The van der Waals surface area contributed by atoms with E-state index in [1.807, 2.05) is 0 Å². The van der Waals surface area contributed by atoms with Gasteiger partial charge in [-0.05, 0) is 6.92 Å².